The van der Waals surface area contributed by atoms with Crippen LogP contribution in [0.4, 0.5) is 0 Å². The maximum atomic E-state index is 12.5. The highest BCUT2D eigenvalue weighted by Gasteiger charge is 2.41. The molecule has 2 saturated carbocycles. The lowest BCUT2D eigenvalue weighted by atomic mass is 9.90. The van der Waals surface area contributed by atoms with E-state index >= 15 is 0 Å². The Balaban J connectivity index is 1.42. The zero-order chi connectivity index (χ0) is 15.1. The number of ether oxygens (including phenoxy) is 1. The molecule has 1 heterocycles. The fourth-order valence-electron chi connectivity index (χ4n) is 3.76. The number of nitrogens with zero attached hydrogens (tertiary/aromatic N) is 1. The Morgan fingerprint density at radius 2 is 1.36 bits per heavy atom. The fourth-order valence-corrected chi connectivity index (χ4v) is 3.76. The highest BCUT2D eigenvalue weighted by molar-refractivity contribution is 6.21. The van der Waals surface area contributed by atoms with Crippen LogP contribution < -0.4 is 0 Å². The van der Waals surface area contributed by atoms with Crippen molar-refractivity contribution in [2.75, 3.05) is 0 Å². The van der Waals surface area contributed by atoms with Gasteiger partial charge < -0.3 is 4.74 Å². The zero-order valence-corrected chi connectivity index (χ0v) is 12.7. The van der Waals surface area contributed by atoms with Gasteiger partial charge in [-0.15, -0.1) is 0 Å². The molecule has 1 aromatic carbocycles. The van der Waals surface area contributed by atoms with Crippen LogP contribution in [0.15, 0.2) is 24.3 Å². The number of hydrogen-bond donors (Lipinski definition) is 0. The smallest absolute Gasteiger partial charge is 0.261 e. The number of carbonyl (C=O) groups excluding carboxylic acids is 2. The SMILES string of the molecule is O=C1c2ccccc2C(=O)N1C1CCC(OC2CCC2)CC1. The number of amides is 2. The van der Waals surface area contributed by atoms with Gasteiger partial charge in [0.25, 0.3) is 11.8 Å². The molecule has 4 nitrogen and oxygen atoms in total. The fraction of sp³-hybridized carbons (Fsp3) is 0.556. The van der Waals surface area contributed by atoms with Crippen molar-refractivity contribution in [2.24, 2.45) is 0 Å². The van der Waals surface area contributed by atoms with Crippen molar-refractivity contribution in [2.45, 2.75) is 63.2 Å². The van der Waals surface area contributed by atoms with Crippen LogP contribution in [-0.2, 0) is 4.74 Å². The topological polar surface area (TPSA) is 46.6 Å². The van der Waals surface area contributed by atoms with Gasteiger partial charge in [0.2, 0.25) is 0 Å². The van der Waals surface area contributed by atoms with Crippen LogP contribution >= 0.6 is 0 Å². The van der Waals surface area contributed by atoms with Crippen molar-refractivity contribution < 1.29 is 14.3 Å². The molecule has 4 rings (SSSR count). The molecule has 0 saturated heterocycles. The molecular weight excluding hydrogens is 278 g/mol. The van der Waals surface area contributed by atoms with Gasteiger partial charge in [0, 0.05) is 6.04 Å². The van der Waals surface area contributed by atoms with Gasteiger partial charge in [-0.05, 0) is 57.1 Å². The molecule has 0 aromatic heterocycles. The Morgan fingerprint density at radius 3 is 1.86 bits per heavy atom. The van der Waals surface area contributed by atoms with Crippen LogP contribution in [0, 0.1) is 0 Å². The predicted octanol–water partition coefficient (Wildman–Crippen LogP) is 3.16. The maximum Gasteiger partial charge on any atom is 0.261 e. The van der Waals surface area contributed by atoms with E-state index in [4.69, 9.17) is 4.74 Å². The number of rotatable bonds is 3. The predicted molar refractivity (Wildman–Crippen MR) is 81.7 cm³/mol. The molecule has 22 heavy (non-hydrogen) atoms. The van der Waals surface area contributed by atoms with Crippen molar-refractivity contribution in [3.63, 3.8) is 0 Å². The van der Waals surface area contributed by atoms with E-state index in [0.717, 1.165) is 25.7 Å². The van der Waals surface area contributed by atoms with Crippen LogP contribution in [-0.4, -0.2) is 35.0 Å². The summed E-state index contributed by atoms with van der Waals surface area (Å²) in [5.41, 5.74) is 1.11. The van der Waals surface area contributed by atoms with E-state index in [1.807, 2.05) is 12.1 Å². The normalized spacial score (nSPS) is 28.6. The molecule has 0 N–H and O–H groups in total. The molecule has 0 bridgehead atoms. The van der Waals surface area contributed by atoms with E-state index in [0.29, 0.717) is 23.3 Å². The summed E-state index contributed by atoms with van der Waals surface area (Å²) >= 11 is 0. The first-order chi connectivity index (χ1) is 10.7. The third-order valence-corrected chi connectivity index (χ3v) is 5.27. The van der Waals surface area contributed by atoms with Gasteiger partial charge in [-0.2, -0.15) is 0 Å². The first-order valence-corrected chi connectivity index (χ1v) is 8.36. The number of imide groups is 1. The summed E-state index contributed by atoms with van der Waals surface area (Å²) in [6, 6.07) is 7.17. The molecular formula is C18H21NO3. The molecule has 3 aliphatic rings. The monoisotopic (exact) mass is 299 g/mol. The summed E-state index contributed by atoms with van der Waals surface area (Å²) < 4.78 is 6.07. The van der Waals surface area contributed by atoms with Crippen LogP contribution in [0.2, 0.25) is 0 Å². The van der Waals surface area contributed by atoms with Crippen LogP contribution in [0.5, 0.6) is 0 Å². The van der Waals surface area contributed by atoms with Crippen molar-refractivity contribution in [3.8, 4) is 0 Å². The van der Waals surface area contributed by atoms with Crippen molar-refractivity contribution >= 4 is 11.8 Å². The highest BCUT2D eigenvalue weighted by Crippen LogP contribution is 2.33. The minimum absolute atomic E-state index is 0.0358. The van der Waals surface area contributed by atoms with Crippen molar-refractivity contribution in [1.29, 1.82) is 0 Å². The van der Waals surface area contributed by atoms with Crippen LogP contribution in [0.1, 0.15) is 65.7 Å². The zero-order valence-electron chi connectivity index (χ0n) is 12.7. The number of hydrogen-bond acceptors (Lipinski definition) is 3. The van der Waals surface area contributed by atoms with Gasteiger partial charge in [-0.3, -0.25) is 14.5 Å². The molecule has 116 valence electrons. The standard InChI is InChI=1S/C18H21NO3/c20-17-15-6-1-2-7-16(15)18(21)19(17)12-8-10-14(11-9-12)22-13-4-3-5-13/h1-2,6-7,12-14H,3-5,8-11H2. The summed E-state index contributed by atoms with van der Waals surface area (Å²) in [7, 11) is 0. The average molecular weight is 299 g/mol. The molecule has 0 spiro atoms. The molecule has 2 aliphatic carbocycles. The van der Waals surface area contributed by atoms with Gasteiger partial charge >= 0.3 is 0 Å². The maximum absolute atomic E-state index is 12.5. The Morgan fingerprint density at radius 1 is 0.818 bits per heavy atom. The Labute approximate surface area is 130 Å². The summed E-state index contributed by atoms with van der Waals surface area (Å²) in [6.45, 7) is 0. The summed E-state index contributed by atoms with van der Waals surface area (Å²) in [5, 5.41) is 0. The molecule has 2 amide bonds. The van der Waals surface area contributed by atoms with Crippen molar-refractivity contribution in [1.82, 2.24) is 4.90 Å². The molecule has 4 heteroatoms. The van der Waals surface area contributed by atoms with Gasteiger partial charge in [0.15, 0.2) is 0 Å². The van der Waals surface area contributed by atoms with E-state index in [9.17, 15) is 9.59 Å². The lowest BCUT2D eigenvalue weighted by Gasteiger charge is -2.36. The van der Waals surface area contributed by atoms with Gasteiger partial charge in [0.05, 0.1) is 23.3 Å². The van der Waals surface area contributed by atoms with E-state index in [1.54, 1.807) is 12.1 Å². The molecule has 0 atom stereocenters. The van der Waals surface area contributed by atoms with Crippen molar-refractivity contribution in [3.05, 3.63) is 35.4 Å². The van der Waals surface area contributed by atoms with Gasteiger partial charge in [-0.25, -0.2) is 0 Å². The van der Waals surface area contributed by atoms with E-state index in [2.05, 4.69) is 0 Å². The number of carbonyl (C=O) groups is 2. The average Bonchev–Trinajstić information content (AvgIpc) is 2.76. The first kappa shape index (κ1) is 13.9. The Hall–Kier alpha value is -1.68. The Bertz CT molecular complexity index is 565. The first-order valence-electron chi connectivity index (χ1n) is 8.36. The lowest BCUT2D eigenvalue weighted by molar-refractivity contribution is -0.0701. The third kappa shape index (κ3) is 2.26. The lowest BCUT2D eigenvalue weighted by Crippen LogP contribution is -2.43. The largest absolute Gasteiger partial charge is 0.375 e. The van der Waals surface area contributed by atoms with Crippen LogP contribution in [0.25, 0.3) is 0 Å². The van der Waals surface area contributed by atoms with E-state index in [1.165, 1.54) is 24.2 Å². The summed E-state index contributed by atoms with van der Waals surface area (Å²) in [6.07, 6.45) is 8.08. The minimum Gasteiger partial charge on any atom is -0.375 e. The van der Waals surface area contributed by atoms with Crippen LogP contribution in [0.3, 0.4) is 0 Å². The summed E-state index contributed by atoms with van der Waals surface area (Å²) in [4.78, 5) is 26.5. The number of fused-ring (bicyclic) bond motifs is 1. The van der Waals surface area contributed by atoms with Gasteiger partial charge in [0.1, 0.15) is 0 Å². The molecule has 0 unspecified atom stereocenters. The van der Waals surface area contributed by atoms with E-state index < -0.39 is 0 Å². The second-order valence-electron chi connectivity index (χ2n) is 6.65. The molecule has 1 aromatic rings. The molecule has 0 radical (unpaired) electrons. The van der Waals surface area contributed by atoms with E-state index in [-0.39, 0.29) is 17.9 Å². The highest BCUT2D eigenvalue weighted by atomic mass is 16.5. The second-order valence-corrected chi connectivity index (χ2v) is 6.65. The quantitative estimate of drug-likeness (QED) is 0.805. The Kier molecular flexibility index (Phi) is 3.49. The second kappa shape index (κ2) is 5.51. The van der Waals surface area contributed by atoms with Gasteiger partial charge in [-0.1, -0.05) is 12.1 Å². The molecule has 1 aliphatic heterocycles. The number of benzene rings is 1. The third-order valence-electron chi connectivity index (χ3n) is 5.27. The summed E-state index contributed by atoms with van der Waals surface area (Å²) in [5.74, 6) is -0.243. The molecule has 2 fully saturated rings. The minimum atomic E-state index is -0.121.